The number of benzene rings is 5. The molecule has 0 saturated carbocycles. The van der Waals surface area contributed by atoms with Crippen LogP contribution in [0.15, 0.2) is 152 Å². The van der Waals surface area contributed by atoms with Crippen LogP contribution in [0.5, 0.6) is 0 Å². The zero-order valence-corrected chi connectivity index (χ0v) is 55.2. The van der Waals surface area contributed by atoms with Gasteiger partial charge in [-0.15, -0.1) is 0 Å². The lowest BCUT2D eigenvalue weighted by Gasteiger charge is -2.10. The van der Waals surface area contributed by atoms with Crippen LogP contribution in [0, 0.1) is 138 Å². The molecule has 0 aliphatic heterocycles. The molecular weight excluding hydrogens is 1030 g/mol. The van der Waals surface area contributed by atoms with Gasteiger partial charge in [-0.05, 0) is 202 Å². The number of hydrogen-bond acceptors (Lipinski definition) is 0. The van der Waals surface area contributed by atoms with E-state index in [1.807, 2.05) is 84.1 Å². The zero-order chi connectivity index (χ0) is 70.4. The number of aryl methyl sites for hydroxylation is 13. The fraction of sp³-hybridized carbons (Fsp3) is 0.312. The molecule has 5 aromatic heterocycles. The van der Waals surface area contributed by atoms with Crippen molar-refractivity contribution in [3.63, 3.8) is 0 Å². The van der Waals surface area contributed by atoms with E-state index in [-0.39, 0.29) is 11.3 Å². The van der Waals surface area contributed by atoms with Crippen molar-refractivity contribution in [3.8, 4) is 56.3 Å². The van der Waals surface area contributed by atoms with Gasteiger partial charge in [0.2, 0.25) is 28.5 Å². The minimum Gasteiger partial charge on any atom is -0.198 e. The molecular formula is C80H100N5+5. The summed E-state index contributed by atoms with van der Waals surface area (Å²) >= 11 is 0. The average molecular weight is 1140 g/mol. The van der Waals surface area contributed by atoms with Crippen LogP contribution in [0.25, 0.3) is 56.3 Å². The van der Waals surface area contributed by atoms with Crippen molar-refractivity contribution < 1.29 is 35.2 Å². The summed E-state index contributed by atoms with van der Waals surface area (Å²) in [5, 5.41) is 0. The number of aromatic nitrogens is 5. The molecule has 5 heteroatoms. The van der Waals surface area contributed by atoms with Gasteiger partial charge in [0.05, 0.1) is 0 Å². The van der Waals surface area contributed by atoms with Gasteiger partial charge in [0.25, 0.3) is 0 Å². The second kappa shape index (κ2) is 28.6. The van der Waals surface area contributed by atoms with E-state index in [4.69, 9.17) is 12.3 Å². The lowest BCUT2D eigenvalue weighted by atomic mass is 9.98. The maximum absolute atomic E-state index is 7.75. The molecule has 10 rings (SSSR count). The summed E-state index contributed by atoms with van der Waals surface area (Å²) in [7, 11) is 9.85. The third-order valence-corrected chi connectivity index (χ3v) is 17.7. The van der Waals surface area contributed by atoms with E-state index in [2.05, 4.69) is 209 Å². The lowest BCUT2D eigenvalue weighted by molar-refractivity contribution is -0.667. The van der Waals surface area contributed by atoms with Crippen LogP contribution in [0.3, 0.4) is 0 Å². The molecule has 0 fully saturated rings. The second-order valence-corrected chi connectivity index (χ2v) is 23.3. The van der Waals surface area contributed by atoms with Crippen molar-refractivity contribution in [2.24, 2.45) is 35.2 Å². The third-order valence-electron chi connectivity index (χ3n) is 17.7. The van der Waals surface area contributed by atoms with E-state index in [0.29, 0.717) is 11.4 Å². The Balaban J connectivity index is 0.000000187. The van der Waals surface area contributed by atoms with Crippen LogP contribution in [0.1, 0.15) is 124 Å². The first-order valence-electron chi connectivity index (χ1n) is 34.0. The normalized spacial score (nSPS) is 12.7. The first kappa shape index (κ1) is 53.6. The van der Waals surface area contributed by atoms with Crippen LogP contribution in [0.2, 0.25) is 0 Å². The monoisotopic (exact) mass is 1140 g/mol. The predicted molar refractivity (Wildman–Crippen MR) is 360 cm³/mol. The summed E-state index contributed by atoms with van der Waals surface area (Å²) in [5.41, 5.74) is 33.1. The summed E-state index contributed by atoms with van der Waals surface area (Å²) < 4.78 is 79.3. The Labute approximate surface area is 526 Å². The number of hydrogen-bond donors (Lipinski definition) is 0. The molecule has 85 heavy (non-hydrogen) atoms. The summed E-state index contributed by atoms with van der Waals surface area (Å²) in [6.07, 6.45) is 0. The van der Waals surface area contributed by atoms with Gasteiger partial charge in [0, 0.05) is 133 Å². The molecule has 0 bridgehead atoms. The molecule has 0 spiro atoms. The Morgan fingerprint density at radius 1 is 0.247 bits per heavy atom. The largest absolute Gasteiger partial charge is 0.215 e. The van der Waals surface area contributed by atoms with Crippen LogP contribution in [-0.2, 0) is 35.2 Å². The van der Waals surface area contributed by atoms with E-state index < -0.39 is 20.6 Å². The highest BCUT2D eigenvalue weighted by atomic mass is 15.0. The van der Waals surface area contributed by atoms with Crippen LogP contribution >= 0.6 is 0 Å². The molecule has 0 saturated heterocycles. The average Bonchev–Trinajstić information content (AvgIpc) is 0.779. The zero-order valence-electron chi connectivity index (χ0n) is 64.2. The Morgan fingerprint density at radius 3 is 1.06 bits per heavy atom. The Hall–Kier alpha value is -8.15. The van der Waals surface area contributed by atoms with E-state index in [0.717, 1.165) is 44.6 Å². The van der Waals surface area contributed by atoms with Crippen molar-refractivity contribution >= 4 is 0 Å². The Kier molecular flexibility index (Phi) is 18.0. The fourth-order valence-corrected chi connectivity index (χ4v) is 10.9. The molecule has 0 unspecified atom stereocenters. The maximum Gasteiger partial charge on any atom is 0.215 e. The molecule has 0 aliphatic carbocycles. The molecule has 440 valence electrons. The molecule has 10 aromatic rings. The predicted octanol–water partition coefficient (Wildman–Crippen LogP) is 17.1. The minimum atomic E-state index is -2.51. The first-order valence-corrected chi connectivity index (χ1v) is 29.5. The SMILES string of the molecule is Cc1ccc(-c2ccc(C)c(C)[n+]2C)c(C)c1.Cc1cccc(-c2ccc(C)c(C)[n+]2C)c1C.Cc1ccccc1-c1c(C)c(C)cc(C)[n+]1C.[2H]C([2H])([2H])c1cc(C)c(C)c(-c2ccccc2C)[n+]1C.[2H]C([2H])([2H])c1ccc(-c2cccc(C)c2C)[n+](C)c1C([2H])([2H])[2H]. The summed E-state index contributed by atoms with van der Waals surface area (Å²) in [6, 6.07) is 51.5. The smallest absolute Gasteiger partial charge is 0.198 e. The summed E-state index contributed by atoms with van der Waals surface area (Å²) in [4.78, 5) is 0. The number of rotatable bonds is 5. The number of nitrogens with zero attached hydrogens (tertiary/aromatic N) is 5. The van der Waals surface area contributed by atoms with Crippen molar-refractivity contribution in [2.45, 2.75) is 138 Å². The highest BCUT2D eigenvalue weighted by Gasteiger charge is 2.22. The van der Waals surface area contributed by atoms with Gasteiger partial charge >= 0.3 is 0 Å². The quantitative estimate of drug-likeness (QED) is 0.153. The Morgan fingerprint density at radius 2 is 0.635 bits per heavy atom. The summed E-state index contributed by atoms with van der Waals surface area (Å²) in [5.74, 6) is 0. The van der Waals surface area contributed by atoms with Crippen molar-refractivity contribution in [1.82, 2.24) is 0 Å². The van der Waals surface area contributed by atoms with Gasteiger partial charge in [-0.2, -0.15) is 22.8 Å². The molecule has 5 aromatic carbocycles. The van der Waals surface area contributed by atoms with Crippen LogP contribution in [-0.4, -0.2) is 0 Å². The van der Waals surface area contributed by atoms with Crippen LogP contribution in [0.4, 0.5) is 0 Å². The highest BCUT2D eigenvalue weighted by Crippen LogP contribution is 2.29. The standard InChI is InChI=1S/5C16H20N/c1-11-6-8-15(13(3)10-11)16-9-7-12(2)14(4)17(16)5;2*1-11-7-6-8-15(13(11)3)16-10-9-12(2)14(4)17(16)5;2*1-11-8-6-7-9-15(11)16-14(4)12(2)10-13(3)17(16)5/h5*6-10H,1-5H3/q5*+1/i;2D3,4D3;;3D3;. The fourth-order valence-electron chi connectivity index (χ4n) is 10.9. The molecule has 0 atom stereocenters. The van der Waals surface area contributed by atoms with E-state index >= 15 is 0 Å². The first-order chi connectivity index (χ1) is 43.7. The third kappa shape index (κ3) is 15.0. The maximum atomic E-state index is 7.75. The molecule has 0 amide bonds. The summed E-state index contributed by atoms with van der Waals surface area (Å²) in [6.45, 7) is 29.0. The number of pyridine rings is 5. The van der Waals surface area contributed by atoms with Gasteiger partial charge in [-0.25, -0.2) is 0 Å². The van der Waals surface area contributed by atoms with E-state index in [9.17, 15) is 0 Å². The van der Waals surface area contributed by atoms with E-state index in [1.54, 1.807) is 23.7 Å². The molecule has 0 aliphatic rings. The van der Waals surface area contributed by atoms with Gasteiger partial charge in [0.1, 0.15) is 35.2 Å². The van der Waals surface area contributed by atoms with Crippen LogP contribution < -0.4 is 22.8 Å². The second-order valence-electron chi connectivity index (χ2n) is 23.3. The lowest BCUT2D eigenvalue weighted by Crippen LogP contribution is -2.36. The van der Waals surface area contributed by atoms with Gasteiger partial charge < -0.3 is 0 Å². The minimum absolute atomic E-state index is 0.131. The van der Waals surface area contributed by atoms with Crippen molar-refractivity contribution in [1.29, 1.82) is 0 Å². The van der Waals surface area contributed by atoms with Gasteiger partial charge in [-0.1, -0.05) is 78.4 Å². The van der Waals surface area contributed by atoms with Crippen molar-refractivity contribution in [2.75, 3.05) is 0 Å². The highest BCUT2D eigenvalue weighted by molar-refractivity contribution is 5.67. The van der Waals surface area contributed by atoms with Crippen molar-refractivity contribution in [3.05, 3.63) is 264 Å². The Bertz CT molecular complexity index is 4390. The van der Waals surface area contributed by atoms with Gasteiger partial charge in [-0.3, -0.25) is 0 Å². The van der Waals surface area contributed by atoms with Gasteiger partial charge in [0.15, 0.2) is 28.5 Å². The van der Waals surface area contributed by atoms with E-state index in [1.165, 1.54) is 112 Å². The molecule has 0 radical (unpaired) electrons. The molecule has 5 nitrogen and oxygen atoms in total. The topological polar surface area (TPSA) is 19.4 Å². The molecule has 0 N–H and O–H groups in total. The molecule has 5 heterocycles.